The number of nitrogens with two attached hydrogens (primary N) is 1. The molecule has 8 heteroatoms. The van der Waals surface area contributed by atoms with Gasteiger partial charge in [-0.3, -0.25) is 4.79 Å². The summed E-state index contributed by atoms with van der Waals surface area (Å²) < 4.78 is 39.6. The van der Waals surface area contributed by atoms with Gasteiger partial charge >= 0.3 is 6.18 Å². The summed E-state index contributed by atoms with van der Waals surface area (Å²) in [6.45, 7) is -1.65. The number of halogens is 4. The average Bonchev–Trinajstić information content (AvgIpc) is 2.30. The van der Waals surface area contributed by atoms with Crippen LogP contribution in [0.3, 0.4) is 0 Å². The third-order valence-corrected chi connectivity index (χ3v) is 2.49. The predicted octanol–water partition coefficient (Wildman–Crippen LogP) is 2.23. The molecule has 0 aliphatic rings. The fourth-order valence-corrected chi connectivity index (χ4v) is 1.46. The molecule has 0 aliphatic heterocycles. The zero-order valence-electron chi connectivity index (χ0n) is 9.76. The molecule has 0 spiro atoms. The maximum Gasteiger partial charge on any atom is 0.411 e. The maximum absolute atomic E-state index is 11.8. The van der Waals surface area contributed by atoms with Gasteiger partial charge in [-0.2, -0.15) is 13.2 Å². The highest BCUT2D eigenvalue weighted by molar-refractivity contribution is 6.36. The standard InChI is InChI=1S/C11H12ClF3N2O2/c12-9-7(2-1-3-8(9)16)10(18)17-4-5-19-6-11(13,14)15/h1-3H,4-6,16H2,(H,17,18). The number of rotatable bonds is 5. The number of amides is 1. The van der Waals surface area contributed by atoms with Crippen molar-refractivity contribution in [3.63, 3.8) is 0 Å². The molecule has 0 radical (unpaired) electrons. The fourth-order valence-electron chi connectivity index (χ4n) is 1.25. The van der Waals surface area contributed by atoms with Crippen molar-refractivity contribution in [2.24, 2.45) is 0 Å². The second-order valence-corrected chi connectivity index (χ2v) is 4.01. The van der Waals surface area contributed by atoms with E-state index in [9.17, 15) is 18.0 Å². The summed E-state index contributed by atoms with van der Waals surface area (Å²) in [5.41, 5.74) is 5.94. The number of anilines is 1. The van der Waals surface area contributed by atoms with Crippen molar-refractivity contribution in [1.82, 2.24) is 5.32 Å². The molecule has 0 saturated heterocycles. The van der Waals surface area contributed by atoms with Crippen LogP contribution in [0, 0.1) is 0 Å². The van der Waals surface area contributed by atoms with Crippen LogP contribution in [0.1, 0.15) is 10.4 Å². The van der Waals surface area contributed by atoms with Gasteiger partial charge in [-0.15, -0.1) is 0 Å². The van der Waals surface area contributed by atoms with Gasteiger partial charge in [0.25, 0.3) is 5.91 Å². The number of hydrogen-bond donors (Lipinski definition) is 2. The molecule has 3 N–H and O–H groups in total. The van der Waals surface area contributed by atoms with Gasteiger partial charge in [0, 0.05) is 6.54 Å². The highest BCUT2D eigenvalue weighted by Gasteiger charge is 2.27. The van der Waals surface area contributed by atoms with Gasteiger partial charge in [-0.05, 0) is 12.1 Å². The van der Waals surface area contributed by atoms with Crippen molar-refractivity contribution in [1.29, 1.82) is 0 Å². The van der Waals surface area contributed by atoms with Crippen LogP contribution in [0.4, 0.5) is 18.9 Å². The summed E-state index contributed by atoms with van der Waals surface area (Å²) in [7, 11) is 0. The third-order valence-electron chi connectivity index (χ3n) is 2.07. The first kappa shape index (κ1) is 15.6. The lowest BCUT2D eigenvalue weighted by molar-refractivity contribution is -0.173. The summed E-state index contributed by atoms with van der Waals surface area (Å²) in [5, 5.41) is 2.49. The molecule has 0 unspecified atom stereocenters. The van der Waals surface area contributed by atoms with Gasteiger partial charge < -0.3 is 15.8 Å². The molecule has 0 atom stereocenters. The van der Waals surface area contributed by atoms with Crippen molar-refractivity contribution in [2.75, 3.05) is 25.5 Å². The number of carbonyl (C=O) groups excluding carboxylic acids is 1. The molecule has 4 nitrogen and oxygen atoms in total. The van der Waals surface area contributed by atoms with Gasteiger partial charge in [-0.25, -0.2) is 0 Å². The Morgan fingerprint density at radius 2 is 2.11 bits per heavy atom. The molecule has 106 valence electrons. The van der Waals surface area contributed by atoms with Crippen molar-refractivity contribution in [3.8, 4) is 0 Å². The maximum atomic E-state index is 11.8. The molecule has 1 aromatic rings. The van der Waals surface area contributed by atoms with E-state index in [0.717, 1.165) is 0 Å². The number of benzene rings is 1. The normalized spacial score (nSPS) is 11.4. The van der Waals surface area contributed by atoms with Crippen LogP contribution >= 0.6 is 11.6 Å². The SMILES string of the molecule is Nc1cccc(C(=O)NCCOCC(F)(F)F)c1Cl. The Morgan fingerprint density at radius 1 is 1.42 bits per heavy atom. The van der Waals surface area contributed by atoms with Gasteiger partial charge in [0.2, 0.25) is 0 Å². The van der Waals surface area contributed by atoms with E-state index in [1.807, 2.05) is 0 Å². The Kier molecular flexibility index (Phi) is 5.44. The Hall–Kier alpha value is -1.47. The quantitative estimate of drug-likeness (QED) is 0.647. The van der Waals surface area contributed by atoms with Gasteiger partial charge in [0.05, 0.1) is 22.9 Å². The highest BCUT2D eigenvalue weighted by Crippen LogP contribution is 2.22. The van der Waals surface area contributed by atoms with E-state index in [-0.39, 0.29) is 29.4 Å². The lowest BCUT2D eigenvalue weighted by Gasteiger charge is -2.09. The van der Waals surface area contributed by atoms with Crippen LogP contribution in [0.5, 0.6) is 0 Å². The first-order chi connectivity index (χ1) is 8.81. The van der Waals surface area contributed by atoms with E-state index in [1.54, 1.807) is 6.07 Å². The molecule has 0 aromatic heterocycles. The molecule has 1 rings (SSSR count). The van der Waals surface area contributed by atoms with Crippen LogP contribution < -0.4 is 11.1 Å². The van der Waals surface area contributed by atoms with Gasteiger partial charge in [0.1, 0.15) is 6.61 Å². The zero-order chi connectivity index (χ0) is 14.5. The molecular formula is C11H12ClF3N2O2. The van der Waals surface area contributed by atoms with Gasteiger partial charge in [-0.1, -0.05) is 17.7 Å². The number of carbonyl (C=O) groups is 1. The van der Waals surface area contributed by atoms with E-state index in [4.69, 9.17) is 17.3 Å². The molecule has 1 aromatic carbocycles. The van der Waals surface area contributed by atoms with Crippen LogP contribution in [0.25, 0.3) is 0 Å². The molecule has 0 heterocycles. The van der Waals surface area contributed by atoms with Crippen LogP contribution in [0.2, 0.25) is 5.02 Å². The first-order valence-electron chi connectivity index (χ1n) is 5.28. The number of nitrogen functional groups attached to an aromatic ring is 1. The summed E-state index contributed by atoms with van der Waals surface area (Å²) in [4.78, 5) is 11.6. The Balaban J connectivity index is 2.38. The zero-order valence-corrected chi connectivity index (χ0v) is 10.5. The van der Waals surface area contributed by atoms with Crippen LogP contribution in [-0.2, 0) is 4.74 Å². The predicted molar refractivity (Wildman–Crippen MR) is 65.1 cm³/mol. The minimum Gasteiger partial charge on any atom is -0.398 e. The summed E-state index contributed by atoms with van der Waals surface area (Å²) in [6.07, 6.45) is -4.37. The van der Waals surface area contributed by atoms with Crippen molar-refractivity contribution in [3.05, 3.63) is 28.8 Å². The average molecular weight is 297 g/mol. The van der Waals surface area contributed by atoms with Gasteiger partial charge in [0.15, 0.2) is 0 Å². The van der Waals surface area contributed by atoms with E-state index >= 15 is 0 Å². The lowest BCUT2D eigenvalue weighted by atomic mass is 10.2. The first-order valence-corrected chi connectivity index (χ1v) is 5.66. The summed E-state index contributed by atoms with van der Waals surface area (Å²) in [5.74, 6) is -0.520. The smallest absolute Gasteiger partial charge is 0.398 e. The fraction of sp³-hybridized carbons (Fsp3) is 0.364. The number of alkyl halides is 3. The van der Waals surface area contributed by atoms with E-state index < -0.39 is 18.7 Å². The Morgan fingerprint density at radius 3 is 2.74 bits per heavy atom. The van der Waals surface area contributed by atoms with Crippen molar-refractivity contribution < 1.29 is 22.7 Å². The van der Waals surface area contributed by atoms with Crippen LogP contribution in [-0.4, -0.2) is 31.8 Å². The molecule has 19 heavy (non-hydrogen) atoms. The molecular weight excluding hydrogens is 285 g/mol. The second kappa shape index (κ2) is 6.63. The molecule has 0 fully saturated rings. The number of nitrogens with one attached hydrogen (secondary N) is 1. The lowest BCUT2D eigenvalue weighted by Crippen LogP contribution is -2.29. The minimum absolute atomic E-state index is 0.0555. The van der Waals surface area contributed by atoms with E-state index in [0.29, 0.717) is 0 Å². The molecule has 1 amide bonds. The molecule has 0 bridgehead atoms. The minimum atomic E-state index is -4.37. The largest absolute Gasteiger partial charge is 0.411 e. The second-order valence-electron chi connectivity index (χ2n) is 3.63. The Labute approximate surface area is 112 Å². The van der Waals surface area contributed by atoms with Crippen molar-refractivity contribution in [2.45, 2.75) is 6.18 Å². The number of hydrogen-bond acceptors (Lipinski definition) is 3. The highest BCUT2D eigenvalue weighted by atomic mass is 35.5. The number of ether oxygens (including phenoxy) is 1. The summed E-state index contributed by atoms with van der Waals surface area (Å²) in [6, 6.07) is 4.55. The summed E-state index contributed by atoms with van der Waals surface area (Å²) >= 11 is 5.82. The molecule has 0 saturated carbocycles. The molecule has 0 aliphatic carbocycles. The van der Waals surface area contributed by atoms with Crippen molar-refractivity contribution >= 4 is 23.2 Å². The topological polar surface area (TPSA) is 64.4 Å². The van der Waals surface area contributed by atoms with Crippen LogP contribution in [0.15, 0.2) is 18.2 Å². The Bertz CT molecular complexity index is 452. The van der Waals surface area contributed by atoms with E-state index in [1.165, 1.54) is 12.1 Å². The monoisotopic (exact) mass is 296 g/mol. The van der Waals surface area contributed by atoms with E-state index in [2.05, 4.69) is 10.1 Å². The third kappa shape index (κ3) is 5.35.